The summed E-state index contributed by atoms with van der Waals surface area (Å²) in [7, 11) is 0. The van der Waals surface area contributed by atoms with Crippen LogP contribution >= 0.6 is 11.8 Å². The molecule has 0 amide bonds. The zero-order valence-electron chi connectivity index (χ0n) is 8.92. The Labute approximate surface area is 90.5 Å². The summed E-state index contributed by atoms with van der Waals surface area (Å²) in [5.74, 6) is 0. The van der Waals surface area contributed by atoms with E-state index >= 15 is 0 Å². The number of hydrogen-bond acceptors (Lipinski definition) is 2. The van der Waals surface area contributed by atoms with Gasteiger partial charge in [0.1, 0.15) is 0 Å². The SMILES string of the molecule is CCCCc1cc(CO)cc(SC)c1. The van der Waals surface area contributed by atoms with Gasteiger partial charge in [0, 0.05) is 4.90 Å². The first-order valence-electron chi connectivity index (χ1n) is 5.07. The second-order valence-electron chi connectivity index (χ2n) is 3.45. The van der Waals surface area contributed by atoms with Gasteiger partial charge in [-0.25, -0.2) is 0 Å². The van der Waals surface area contributed by atoms with E-state index in [1.807, 2.05) is 0 Å². The summed E-state index contributed by atoms with van der Waals surface area (Å²) in [5.41, 5.74) is 2.38. The summed E-state index contributed by atoms with van der Waals surface area (Å²) in [5, 5.41) is 9.10. The summed E-state index contributed by atoms with van der Waals surface area (Å²) in [4.78, 5) is 1.25. The van der Waals surface area contributed by atoms with E-state index in [1.54, 1.807) is 11.8 Å². The zero-order chi connectivity index (χ0) is 10.4. The molecule has 0 saturated carbocycles. The van der Waals surface area contributed by atoms with Crippen LogP contribution in [0, 0.1) is 0 Å². The molecule has 1 rings (SSSR count). The lowest BCUT2D eigenvalue weighted by Crippen LogP contribution is -1.90. The molecule has 1 nitrogen and oxygen atoms in total. The number of aliphatic hydroxyl groups is 1. The van der Waals surface area contributed by atoms with Crippen molar-refractivity contribution in [2.75, 3.05) is 6.26 Å². The minimum atomic E-state index is 0.146. The third-order valence-corrected chi connectivity index (χ3v) is 2.97. The standard InChI is InChI=1S/C12H18OS/c1-3-4-5-10-6-11(9-13)8-12(7-10)14-2/h6-8,13H,3-5,9H2,1-2H3. The summed E-state index contributed by atoms with van der Waals surface area (Å²) in [6.45, 7) is 2.35. The van der Waals surface area contributed by atoms with E-state index in [1.165, 1.54) is 23.3 Å². The molecule has 0 unspecified atom stereocenters. The minimum absolute atomic E-state index is 0.146. The number of rotatable bonds is 5. The summed E-state index contributed by atoms with van der Waals surface area (Å²) < 4.78 is 0. The molecule has 0 bridgehead atoms. The van der Waals surface area contributed by atoms with Crippen molar-refractivity contribution in [3.8, 4) is 0 Å². The average Bonchev–Trinajstić information content (AvgIpc) is 2.25. The normalized spacial score (nSPS) is 10.5. The van der Waals surface area contributed by atoms with Crippen molar-refractivity contribution in [2.45, 2.75) is 37.7 Å². The van der Waals surface area contributed by atoms with Crippen LogP contribution in [0.3, 0.4) is 0 Å². The van der Waals surface area contributed by atoms with Gasteiger partial charge in [-0.2, -0.15) is 0 Å². The molecule has 1 aromatic carbocycles. The van der Waals surface area contributed by atoms with Crippen LogP contribution in [0.2, 0.25) is 0 Å². The van der Waals surface area contributed by atoms with Crippen LogP contribution in [-0.4, -0.2) is 11.4 Å². The summed E-state index contributed by atoms with van der Waals surface area (Å²) >= 11 is 1.73. The van der Waals surface area contributed by atoms with Crippen molar-refractivity contribution in [1.82, 2.24) is 0 Å². The predicted octanol–water partition coefficient (Wildman–Crippen LogP) is 3.24. The monoisotopic (exact) mass is 210 g/mol. The third kappa shape index (κ3) is 3.35. The van der Waals surface area contributed by atoms with Gasteiger partial charge in [0.2, 0.25) is 0 Å². The Hall–Kier alpha value is -0.470. The van der Waals surface area contributed by atoms with Crippen LogP contribution < -0.4 is 0 Å². The van der Waals surface area contributed by atoms with Gasteiger partial charge in [-0.15, -0.1) is 11.8 Å². The van der Waals surface area contributed by atoms with Gasteiger partial charge in [-0.05, 0) is 42.4 Å². The molecule has 0 aromatic heterocycles. The molecule has 0 aliphatic rings. The van der Waals surface area contributed by atoms with Gasteiger partial charge in [-0.1, -0.05) is 19.4 Å². The van der Waals surface area contributed by atoms with Crippen LogP contribution in [0.1, 0.15) is 30.9 Å². The van der Waals surface area contributed by atoms with E-state index in [-0.39, 0.29) is 6.61 Å². The molecule has 0 fully saturated rings. The first-order chi connectivity index (χ1) is 6.80. The molecule has 1 N–H and O–H groups in total. The van der Waals surface area contributed by atoms with Crippen molar-refractivity contribution in [3.63, 3.8) is 0 Å². The number of thioether (sulfide) groups is 1. The molecular weight excluding hydrogens is 192 g/mol. The Morgan fingerprint density at radius 2 is 1.93 bits per heavy atom. The number of aryl methyl sites for hydroxylation is 1. The van der Waals surface area contributed by atoms with Crippen LogP contribution in [0.15, 0.2) is 23.1 Å². The van der Waals surface area contributed by atoms with Crippen LogP contribution in [0.5, 0.6) is 0 Å². The molecule has 2 heteroatoms. The topological polar surface area (TPSA) is 20.2 Å². The van der Waals surface area contributed by atoms with Gasteiger partial charge in [0.25, 0.3) is 0 Å². The Bertz CT molecular complexity index is 261. The van der Waals surface area contributed by atoms with Gasteiger partial charge in [0.15, 0.2) is 0 Å². The highest BCUT2D eigenvalue weighted by atomic mass is 32.2. The lowest BCUT2D eigenvalue weighted by Gasteiger charge is -2.06. The van der Waals surface area contributed by atoms with Crippen LogP contribution in [0.4, 0.5) is 0 Å². The fourth-order valence-electron chi connectivity index (χ4n) is 1.46. The summed E-state index contributed by atoms with van der Waals surface area (Å²) in [6, 6.07) is 6.38. The number of unbranched alkanes of at least 4 members (excludes halogenated alkanes) is 1. The number of benzene rings is 1. The third-order valence-electron chi connectivity index (χ3n) is 2.26. The Morgan fingerprint density at radius 1 is 1.21 bits per heavy atom. The highest BCUT2D eigenvalue weighted by molar-refractivity contribution is 7.98. The van der Waals surface area contributed by atoms with Crippen molar-refractivity contribution < 1.29 is 5.11 Å². The molecule has 0 atom stereocenters. The Morgan fingerprint density at radius 3 is 2.50 bits per heavy atom. The molecule has 0 saturated heterocycles. The van der Waals surface area contributed by atoms with Gasteiger partial charge in [0.05, 0.1) is 6.61 Å². The smallest absolute Gasteiger partial charge is 0.0682 e. The lowest BCUT2D eigenvalue weighted by molar-refractivity contribution is 0.281. The number of hydrogen-bond donors (Lipinski definition) is 1. The van der Waals surface area contributed by atoms with Crippen molar-refractivity contribution in [2.24, 2.45) is 0 Å². The second-order valence-corrected chi connectivity index (χ2v) is 4.33. The largest absolute Gasteiger partial charge is 0.392 e. The lowest BCUT2D eigenvalue weighted by atomic mass is 10.1. The molecule has 0 aliphatic heterocycles. The molecule has 0 heterocycles. The fourth-order valence-corrected chi connectivity index (χ4v) is 2.00. The van der Waals surface area contributed by atoms with Crippen LogP contribution in [-0.2, 0) is 13.0 Å². The first kappa shape index (κ1) is 11.6. The quantitative estimate of drug-likeness (QED) is 0.753. The van der Waals surface area contributed by atoms with E-state index in [0.29, 0.717) is 0 Å². The van der Waals surface area contributed by atoms with Crippen molar-refractivity contribution in [3.05, 3.63) is 29.3 Å². The van der Waals surface area contributed by atoms with Crippen molar-refractivity contribution in [1.29, 1.82) is 0 Å². The molecule has 14 heavy (non-hydrogen) atoms. The molecule has 78 valence electrons. The maximum atomic E-state index is 9.10. The van der Waals surface area contributed by atoms with E-state index in [2.05, 4.69) is 31.4 Å². The highest BCUT2D eigenvalue weighted by Gasteiger charge is 1.99. The molecule has 0 radical (unpaired) electrons. The fraction of sp³-hybridized carbons (Fsp3) is 0.500. The predicted molar refractivity (Wildman–Crippen MR) is 62.8 cm³/mol. The van der Waals surface area contributed by atoms with Crippen LogP contribution in [0.25, 0.3) is 0 Å². The molecule has 0 aliphatic carbocycles. The van der Waals surface area contributed by atoms with E-state index in [9.17, 15) is 0 Å². The Kier molecular flexibility index (Phi) is 5.05. The molecule has 1 aromatic rings. The first-order valence-corrected chi connectivity index (χ1v) is 6.30. The van der Waals surface area contributed by atoms with Gasteiger partial charge < -0.3 is 5.11 Å². The zero-order valence-corrected chi connectivity index (χ0v) is 9.73. The molecule has 0 spiro atoms. The van der Waals surface area contributed by atoms with E-state index < -0.39 is 0 Å². The maximum absolute atomic E-state index is 9.10. The number of aliphatic hydroxyl groups excluding tert-OH is 1. The highest BCUT2D eigenvalue weighted by Crippen LogP contribution is 2.20. The van der Waals surface area contributed by atoms with Gasteiger partial charge >= 0.3 is 0 Å². The van der Waals surface area contributed by atoms with E-state index in [0.717, 1.165) is 12.0 Å². The average molecular weight is 210 g/mol. The Balaban J connectivity index is 2.81. The minimum Gasteiger partial charge on any atom is -0.392 e. The van der Waals surface area contributed by atoms with E-state index in [4.69, 9.17) is 5.11 Å². The second kappa shape index (κ2) is 6.10. The maximum Gasteiger partial charge on any atom is 0.0682 e. The van der Waals surface area contributed by atoms with Crippen molar-refractivity contribution >= 4 is 11.8 Å². The molecular formula is C12H18OS. The van der Waals surface area contributed by atoms with Gasteiger partial charge in [-0.3, -0.25) is 0 Å². The summed E-state index contributed by atoms with van der Waals surface area (Å²) in [6.07, 6.45) is 5.64.